The zero-order valence-electron chi connectivity index (χ0n) is 9.11. The zero-order valence-corrected chi connectivity index (χ0v) is 9.93. The number of amides is 1. The number of ether oxygens (including phenoxy) is 1. The quantitative estimate of drug-likeness (QED) is 0.771. The van der Waals surface area contributed by atoms with Gasteiger partial charge in [0.05, 0.1) is 18.5 Å². The van der Waals surface area contributed by atoms with Gasteiger partial charge in [0.25, 0.3) is 0 Å². The van der Waals surface area contributed by atoms with Crippen LogP contribution in [0.4, 0.5) is 10.5 Å². The monoisotopic (exact) mass is 239 g/mol. The second-order valence-corrected chi connectivity index (χ2v) is 3.40. The highest BCUT2D eigenvalue weighted by molar-refractivity contribution is 7.80. The van der Waals surface area contributed by atoms with Gasteiger partial charge in [-0.2, -0.15) is 0 Å². The first kappa shape index (κ1) is 12.4. The van der Waals surface area contributed by atoms with Crippen molar-refractivity contribution in [1.29, 1.82) is 0 Å². The Kier molecular flexibility index (Phi) is 4.65. The molecule has 0 spiro atoms. The SMILES string of the molecule is CCOC(=O)NC(=S)Nc1cnccc1C. The normalized spacial score (nSPS) is 9.38. The van der Waals surface area contributed by atoms with Crippen molar-refractivity contribution in [3.05, 3.63) is 24.0 Å². The van der Waals surface area contributed by atoms with Crippen LogP contribution in [0.1, 0.15) is 12.5 Å². The summed E-state index contributed by atoms with van der Waals surface area (Å²) in [5, 5.41) is 5.43. The summed E-state index contributed by atoms with van der Waals surface area (Å²) in [5.74, 6) is 0. The molecular weight excluding hydrogens is 226 g/mol. The van der Waals surface area contributed by atoms with Crippen LogP contribution in [-0.2, 0) is 4.74 Å². The lowest BCUT2D eigenvalue weighted by molar-refractivity contribution is 0.158. The van der Waals surface area contributed by atoms with E-state index in [0.29, 0.717) is 6.61 Å². The van der Waals surface area contributed by atoms with Gasteiger partial charge in [-0.05, 0) is 37.7 Å². The van der Waals surface area contributed by atoms with Crippen LogP contribution in [0.25, 0.3) is 0 Å². The molecule has 1 rings (SSSR count). The third kappa shape index (κ3) is 3.82. The number of pyridine rings is 1. The summed E-state index contributed by atoms with van der Waals surface area (Å²) in [5.41, 5.74) is 1.74. The van der Waals surface area contributed by atoms with Crippen LogP contribution < -0.4 is 10.6 Å². The molecule has 0 saturated heterocycles. The number of alkyl carbamates (subject to hydrolysis) is 1. The summed E-state index contributed by atoms with van der Waals surface area (Å²) >= 11 is 4.94. The number of nitrogens with one attached hydrogen (secondary N) is 2. The van der Waals surface area contributed by atoms with Crippen molar-refractivity contribution < 1.29 is 9.53 Å². The van der Waals surface area contributed by atoms with Crippen LogP contribution in [0.15, 0.2) is 18.5 Å². The molecule has 0 fully saturated rings. The summed E-state index contributed by atoms with van der Waals surface area (Å²) in [6.07, 6.45) is 2.75. The Morgan fingerprint density at radius 1 is 1.62 bits per heavy atom. The molecule has 0 atom stereocenters. The highest BCUT2D eigenvalue weighted by Crippen LogP contribution is 2.10. The fraction of sp³-hybridized carbons (Fsp3) is 0.300. The van der Waals surface area contributed by atoms with Crippen LogP contribution in [0, 0.1) is 6.92 Å². The van der Waals surface area contributed by atoms with Gasteiger partial charge in [0.2, 0.25) is 0 Å². The van der Waals surface area contributed by atoms with Crippen molar-refractivity contribution in [2.45, 2.75) is 13.8 Å². The zero-order chi connectivity index (χ0) is 12.0. The molecule has 2 N–H and O–H groups in total. The van der Waals surface area contributed by atoms with Crippen molar-refractivity contribution in [1.82, 2.24) is 10.3 Å². The molecule has 16 heavy (non-hydrogen) atoms. The summed E-state index contributed by atoms with van der Waals surface area (Å²) < 4.78 is 4.69. The fourth-order valence-corrected chi connectivity index (χ4v) is 1.20. The van der Waals surface area contributed by atoms with E-state index >= 15 is 0 Å². The summed E-state index contributed by atoms with van der Waals surface area (Å²) in [6.45, 7) is 3.94. The van der Waals surface area contributed by atoms with Gasteiger partial charge < -0.3 is 10.1 Å². The van der Waals surface area contributed by atoms with Crippen LogP contribution in [0.3, 0.4) is 0 Å². The predicted molar refractivity (Wildman–Crippen MR) is 65.4 cm³/mol. The predicted octanol–water partition coefficient (Wildman–Crippen LogP) is 1.83. The molecule has 1 heterocycles. The molecule has 86 valence electrons. The van der Waals surface area contributed by atoms with E-state index in [9.17, 15) is 4.79 Å². The first-order chi connectivity index (χ1) is 7.63. The molecule has 5 nitrogen and oxygen atoms in total. The maximum Gasteiger partial charge on any atom is 0.413 e. The third-order valence-electron chi connectivity index (χ3n) is 1.78. The van der Waals surface area contributed by atoms with Gasteiger partial charge in [0.15, 0.2) is 5.11 Å². The van der Waals surface area contributed by atoms with E-state index in [2.05, 4.69) is 20.4 Å². The number of carbonyl (C=O) groups excluding carboxylic acids is 1. The molecule has 0 saturated carbocycles. The Morgan fingerprint density at radius 2 is 2.38 bits per heavy atom. The van der Waals surface area contributed by atoms with E-state index in [4.69, 9.17) is 12.2 Å². The van der Waals surface area contributed by atoms with Crippen molar-refractivity contribution in [3.63, 3.8) is 0 Å². The summed E-state index contributed by atoms with van der Waals surface area (Å²) in [6, 6.07) is 1.84. The lowest BCUT2D eigenvalue weighted by Crippen LogP contribution is -2.34. The number of aryl methyl sites for hydroxylation is 1. The van der Waals surface area contributed by atoms with Gasteiger partial charge in [-0.15, -0.1) is 0 Å². The van der Waals surface area contributed by atoms with Crippen LogP contribution in [0.5, 0.6) is 0 Å². The minimum atomic E-state index is -0.568. The van der Waals surface area contributed by atoms with Crippen molar-refractivity contribution >= 4 is 29.1 Å². The van der Waals surface area contributed by atoms with Gasteiger partial charge in [0, 0.05) is 6.20 Å². The minimum absolute atomic E-state index is 0.189. The van der Waals surface area contributed by atoms with Crippen molar-refractivity contribution in [2.75, 3.05) is 11.9 Å². The number of hydrogen-bond donors (Lipinski definition) is 2. The van der Waals surface area contributed by atoms with E-state index in [0.717, 1.165) is 11.3 Å². The molecule has 0 aromatic carbocycles. The Labute approximate surface area is 99.2 Å². The second kappa shape index (κ2) is 6.02. The molecule has 1 amide bonds. The van der Waals surface area contributed by atoms with Gasteiger partial charge >= 0.3 is 6.09 Å². The highest BCUT2D eigenvalue weighted by atomic mass is 32.1. The van der Waals surface area contributed by atoms with Crippen molar-refractivity contribution in [3.8, 4) is 0 Å². The van der Waals surface area contributed by atoms with E-state index < -0.39 is 6.09 Å². The second-order valence-electron chi connectivity index (χ2n) is 2.99. The maximum atomic E-state index is 11.1. The third-order valence-corrected chi connectivity index (χ3v) is 1.98. The Bertz CT molecular complexity index is 395. The van der Waals surface area contributed by atoms with Crippen molar-refractivity contribution in [2.24, 2.45) is 0 Å². The Balaban J connectivity index is 2.52. The van der Waals surface area contributed by atoms with E-state index in [1.54, 1.807) is 19.3 Å². The average Bonchev–Trinajstić information content (AvgIpc) is 2.21. The van der Waals surface area contributed by atoms with Gasteiger partial charge in [-0.25, -0.2) is 4.79 Å². The topological polar surface area (TPSA) is 63.2 Å². The Morgan fingerprint density at radius 3 is 3.00 bits per heavy atom. The molecule has 1 aromatic heterocycles. The van der Waals surface area contributed by atoms with Crippen LogP contribution >= 0.6 is 12.2 Å². The van der Waals surface area contributed by atoms with Gasteiger partial charge in [-0.3, -0.25) is 10.3 Å². The summed E-state index contributed by atoms with van der Waals surface area (Å²) in [4.78, 5) is 15.0. The smallest absolute Gasteiger partial charge is 0.413 e. The van der Waals surface area contributed by atoms with Crippen LogP contribution in [-0.4, -0.2) is 22.8 Å². The molecule has 6 heteroatoms. The largest absolute Gasteiger partial charge is 0.450 e. The van der Waals surface area contributed by atoms with Gasteiger partial charge in [0.1, 0.15) is 0 Å². The van der Waals surface area contributed by atoms with Crippen LogP contribution in [0.2, 0.25) is 0 Å². The fourth-order valence-electron chi connectivity index (χ4n) is 1.01. The maximum absolute atomic E-state index is 11.1. The lowest BCUT2D eigenvalue weighted by atomic mass is 10.2. The number of rotatable bonds is 2. The minimum Gasteiger partial charge on any atom is -0.450 e. The molecule has 0 radical (unpaired) electrons. The average molecular weight is 239 g/mol. The lowest BCUT2D eigenvalue weighted by Gasteiger charge is -2.10. The molecule has 1 aromatic rings. The summed E-state index contributed by atoms with van der Waals surface area (Å²) in [7, 11) is 0. The standard InChI is InChI=1S/C10H13N3O2S/c1-3-15-10(14)13-9(16)12-8-6-11-5-4-7(8)2/h4-6H,3H2,1-2H3,(H2,12,13,14,16). The number of nitrogens with zero attached hydrogens (tertiary/aromatic N) is 1. The molecule has 0 bridgehead atoms. The number of carbonyl (C=O) groups is 1. The molecule has 0 aliphatic rings. The highest BCUT2D eigenvalue weighted by Gasteiger charge is 2.05. The number of hydrogen-bond acceptors (Lipinski definition) is 4. The van der Waals surface area contributed by atoms with Gasteiger partial charge in [-0.1, -0.05) is 0 Å². The van der Waals surface area contributed by atoms with E-state index in [1.807, 2.05) is 13.0 Å². The molecular formula is C10H13N3O2S. The van der Waals surface area contributed by atoms with E-state index in [1.165, 1.54) is 0 Å². The number of anilines is 1. The molecule has 0 unspecified atom stereocenters. The first-order valence-electron chi connectivity index (χ1n) is 4.79. The number of aromatic nitrogens is 1. The Hall–Kier alpha value is -1.69. The molecule has 0 aliphatic carbocycles. The first-order valence-corrected chi connectivity index (χ1v) is 5.19. The van der Waals surface area contributed by atoms with E-state index in [-0.39, 0.29) is 5.11 Å². The molecule has 0 aliphatic heterocycles. The number of thiocarbonyl (C=S) groups is 1.